The number of aromatic nitrogens is 1. The molecule has 29 heavy (non-hydrogen) atoms. The molecule has 2 nitrogen and oxygen atoms in total. The van der Waals surface area contributed by atoms with Crippen molar-refractivity contribution < 1.29 is 8.98 Å². The predicted octanol–water partition coefficient (Wildman–Crippen LogP) is 5.60. The second-order valence-electron chi connectivity index (χ2n) is 8.03. The zero-order chi connectivity index (χ0) is 19.5. The van der Waals surface area contributed by atoms with E-state index in [1.807, 2.05) is 0 Å². The van der Waals surface area contributed by atoms with Gasteiger partial charge >= 0.3 is 176 Å². The predicted molar refractivity (Wildman–Crippen MR) is 119 cm³/mol. The summed E-state index contributed by atoms with van der Waals surface area (Å²) in [6.45, 7) is 2.17. The Balaban J connectivity index is 1.66. The van der Waals surface area contributed by atoms with E-state index < -0.39 is 0 Å². The van der Waals surface area contributed by atoms with Gasteiger partial charge in [-0.3, -0.25) is 0 Å². The first-order valence-corrected chi connectivity index (χ1v) is 11.9. The molecule has 142 valence electrons. The van der Waals surface area contributed by atoms with Crippen LogP contribution in [0, 0.1) is 6.92 Å². The summed E-state index contributed by atoms with van der Waals surface area (Å²) in [4.78, 5) is 0. The molecule has 0 unspecified atom stereocenters. The Labute approximate surface area is 176 Å². The third-order valence-corrected chi connectivity index (χ3v) is 8.86. The summed E-state index contributed by atoms with van der Waals surface area (Å²) in [5.74, 6) is 0. The van der Waals surface area contributed by atoms with Crippen molar-refractivity contribution in [2.45, 2.75) is 26.2 Å². The molecule has 3 heterocycles. The fourth-order valence-corrected chi connectivity index (χ4v) is 7.39. The summed E-state index contributed by atoms with van der Waals surface area (Å²) in [7, 11) is 2.10. The van der Waals surface area contributed by atoms with Gasteiger partial charge in [-0.15, -0.1) is 0 Å². The van der Waals surface area contributed by atoms with Crippen LogP contribution in [0.15, 0.2) is 65.2 Å². The van der Waals surface area contributed by atoms with Crippen LogP contribution in [0.5, 0.6) is 0 Å². The number of fused-ring (bicyclic) bond motifs is 4. The number of nitrogens with zero attached hydrogens (tertiary/aromatic N) is 1. The van der Waals surface area contributed by atoms with Gasteiger partial charge in [-0.05, 0) is 0 Å². The number of hydrogen-bond donors (Lipinski definition) is 0. The Morgan fingerprint density at radius 3 is 2.69 bits per heavy atom. The molecule has 0 radical (unpaired) electrons. The Bertz CT molecular complexity index is 1380. The van der Waals surface area contributed by atoms with Crippen molar-refractivity contribution in [1.29, 1.82) is 0 Å². The number of rotatable bonds is 2. The van der Waals surface area contributed by atoms with E-state index in [0.29, 0.717) is 14.5 Å². The van der Waals surface area contributed by atoms with Gasteiger partial charge in [0.25, 0.3) is 0 Å². The molecule has 2 aromatic carbocycles. The number of pyridine rings is 1. The van der Waals surface area contributed by atoms with E-state index in [1.54, 1.807) is 10.0 Å². The first kappa shape index (κ1) is 17.3. The molecule has 0 saturated carbocycles. The fraction of sp³-hybridized carbons (Fsp3) is 0.192. The Hall–Kier alpha value is -2.61. The van der Waals surface area contributed by atoms with Crippen LogP contribution in [0.2, 0.25) is 0 Å². The number of benzene rings is 2. The van der Waals surface area contributed by atoms with Gasteiger partial charge in [-0.2, -0.15) is 0 Å². The maximum absolute atomic E-state index is 6.68. The van der Waals surface area contributed by atoms with E-state index in [2.05, 4.69) is 79.3 Å². The van der Waals surface area contributed by atoms with Crippen LogP contribution in [0.4, 0.5) is 0 Å². The molecular formula is C26H22NOSe+. The van der Waals surface area contributed by atoms with Crippen LogP contribution in [0.1, 0.15) is 22.0 Å². The third-order valence-electron chi connectivity index (χ3n) is 6.20. The van der Waals surface area contributed by atoms with Crippen LogP contribution in [-0.4, -0.2) is 14.5 Å². The molecule has 0 amide bonds. The van der Waals surface area contributed by atoms with Crippen molar-refractivity contribution in [3.05, 3.63) is 76.4 Å². The summed E-state index contributed by atoms with van der Waals surface area (Å²) >= 11 is 0.448. The van der Waals surface area contributed by atoms with Gasteiger partial charge in [0.15, 0.2) is 0 Å². The molecule has 3 heteroatoms. The van der Waals surface area contributed by atoms with E-state index >= 15 is 0 Å². The molecule has 1 aliphatic rings. The third kappa shape index (κ3) is 2.58. The maximum atomic E-state index is 6.68. The number of aryl methyl sites for hydroxylation is 4. The molecule has 1 aliphatic carbocycles. The zero-order valence-corrected chi connectivity index (χ0v) is 18.4. The van der Waals surface area contributed by atoms with Crippen molar-refractivity contribution in [3.8, 4) is 21.3 Å². The Morgan fingerprint density at radius 2 is 1.83 bits per heavy atom. The molecule has 0 atom stereocenters. The van der Waals surface area contributed by atoms with E-state index in [4.69, 9.17) is 4.42 Å². The van der Waals surface area contributed by atoms with Crippen molar-refractivity contribution in [3.63, 3.8) is 0 Å². The molecule has 6 rings (SSSR count). The van der Waals surface area contributed by atoms with Crippen LogP contribution >= 0.6 is 0 Å². The SMILES string of the molecule is Cc1ccc2c(oc3c(-c4cc5c([se]4)CCC5)cccc32)c1-c1cccc[n+]1C. The summed E-state index contributed by atoms with van der Waals surface area (Å²) in [6.07, 6.45) is 5.98. The average Bonchev–Trinajstić information content (AvgIpc) is 3.41. The molecular weight excluding hydrogens is 421 g/mol. The number of furan rings is 1. The minimum atomic E-state index is 0.448. The van der Waals surface area contributed by atoms with Gasteiger partial charge in [0.1, 0.15) is 0 Å². The van der Waals surface area contributed by atoms with Gasteiger partial charge in [0, 0.05) is 0 Å². The van der Waals surface area contributed by atoms with Crippen molar-refractivity contribution in [2.24, 2.45) is 7.05 Å². The van der Waals surface area contributed by atoms with Crippen molar-refractivity contribution in [1.82, 2.24) is 0 Å². The van der Waals surface area contributed by atoms with Crippen molar-refractivity contribution in [2.75, 3.05) is 0 Å². The molecule has 3 aromatic heterocycles. The van der Waals surface area contributed by atoms with Crippen LogP contribution in [-0.2, 0) is 19.9 Å². The van der Waals surface area contributed by atoms with Gasteiger partial charge in [-0.25, -0.2) is 0 Å². The minimum absolute atomic E-state index is 0.448. The molecule has 0 fully saturated rings. The Kier molecular flexibility index (Phi) is 3.84. The zero-order valence-electron chi connectivity index (χ0n) is 16.7. The molecule has 0 aliphatic heterocycles. The van der Waals surface area contributed by atoms with Crippen molar-refractivity contribution >= 4 is 36.4 Å². The van der Waals surface area contributed by atoms with E-state index in [1.165, 1.54) is 56.9 Å². The molecule has 5 aromatic rings. The summed E-state index contributed by atoms with van der Waals surface area (Å²) < 4.78 is 12.0. The summed E-state index contributed by atoms with van der Waals surface area (Å²) in [6, 6.07) is 19.9. The van der Waals surface area contributed by atoms with Gasteiger partial charge in [-0.1, -0.05) is 0 Å². The normalized spacial score (nSPS) is 13.4. The Morgan fingerprint density at radius 1 is 0.931 bits per heavy atom. The molecule has 0 spiro atoms. The van der Waals surface area contributed by atoms with Crippen LogP contribution < -0.4 is 4.57 Å². The number of para-hydroxylation sites is 1. The molecule has 0 saturated heterocycles. The topological polar surface area (TPSA) is 17.0 Å². The van der Waals surface area contributed by atoms with E-state index in [9.17, 15) is 0 Å². The van der Waals surface area contributed by atoms with Gasteiger partial charge < -0.3 is 0 Å². The fourth-order valence-electron chi connectivity index (χ4n) is 4.72. The van der Waals surface area contributed by atoms with E-state index in [0.717, 1.165) is 11.2 Å². The average molecular weight is 443 g/mol. The number of hydrogen-bond acceptors (Lipinski definition) is 1. The first-order chi connectivity index (χ1) is 14.2. The standard InChI is InChI=1S/C26H22NOSe/c1-16-12-13-19-18-8-6-9-20(23-15-17-7-5-11-22(17)29-23)25(18)28-26(19)24(16)21-10-3-4-14-27(21)2/h3-4,6,8-10,12-15H,5,7,11H2,1-2H3/q+1. The van der Waals surface area contributed by atoms with E-state index in [-0.39, 0.29) is 0 Å². The van der Waals surface area contributed by atoms with Gasteiger partial charge in [0.2, 0.25) is 0 Å². The second-order valence-corrected chi connectivity index (χ2v) is 10.4. The quantitative estimate of drug-likeness (QED) is 0.257. The van der Waals surface area contributed by atoms with Gasteiger partial charge in [0.05, 0.1) is 0 Å². The second kappa shape index (κ2) is 6.45. The monoisotopic (exact) mass is 444 g/mol. The summed E-state index contributed by atoms with van der Waals surface area (Å²) in [5.41, 5.74) is 8.54. The molecule has 0 bridgehead atoms. The molecule has 0 N–H and O–H groups in total. The van der Waals surface area contributed by atoms with Crippen LogP contribution in [0.25, 0.3) is 43.2 Å². The van der Waals surface area contributed by atoms with Crippen LogP contribution in [0.3, 0.4) is 0 Å². The summed E-state index contributed by atoms with van der Waals surface area (Å²) in [5, 5.41) is 2.43. The first-order valence-electron chi connectivity index (χ1n) is 10.2.